The van der Waals surface area contributed by atoms with Crippen LogP contribution in [0.3, 0.4) is 0 Å². The lowest BCUT2D eigenvalue weighted by Gasteiger charge is -2.08. The molecular formula is C12H16N4. The highest BCUT2D eigenvalue weighted by atomic mass is 15.2. The molecule has 1 unspecified atom stereocenters. The lowest BCUT2D eigenvalue weighted by Crippen LogP contribution is -2.14. The van der Waals surface area contributed by atoms with E-state index in [1.165, 1.54) is 24.1 Å². The van der Waals surface area contributed by atoms with Crippen LogP contribution in [0.5, 0.6) is 0 Å². The van der Waals surface area contributed by atoms with Crippen molar-refractivity contribution in [3.8, 4) is 11.4 Å². The Morgan fingerprint density at radius 2 is 2.38 bits per heavy atom. The average Bonchev–Trinajstić information content (AvgIpc) is 2.96. The Kier molecular flexibility index (Phi) is 2.29. The van der Waals surface area contributed by atoms with Gasteiger partial charge in [-0.3, -0.25) is 5.10 Å². The second kappa shape index (κ2) is 3.79. The summed E-state index contributed by atoms with van der Waals surface area (Å²) in [5, 5.41) is 11.1. The Morgan fingerprint density at radius 3 is 3.06 bits per heavy atom. The minimum atomic E-state index is 0.455. The van der Waals surface area contributed by atoms with E-state index in [9.17, 15) is 0 Å². The monoisotopic (exact) mass is 216 g/mol. The lowest BCUT2D eigenvalue weighted by atomic mass is 10.1. The zero-order valence-corrected chi connectivity index (χ0v) is 9.38. The highest BCUT2D eigenvalue weighted by molar-refractivity contribution is 5.59. The van der Waals surface area contributed by atoms with Gasteiger partial charge in [-0.1, -0.05) is 0 Å². The Labute approximate surface area is 94.5 Å². The summed E-state index contributed by atoms with van der Waals surface area (Å²) >= 11 is 0. The average molecular weight is 216 g/mol. The fourth-order valence-corrected chi connectivity index (χ4v) is 2.42. The van der Waals surface area contributed by atoms with Gasteiger partial charge in [-0.25, -0.2) is 0 Å². The molecule has 3 heterocycles. The SMILES string of the molecule is Cc1c(-c2ccc[nH]2)n[nH]c1C1CCCN1. The van der Waals surface area contributed by atoms with Gasteiger partial charge in [0.2, 0.25) is 0 Å². The van der Waals surface area contributed by atoms with Gasteiger partial charge in [0.05, 0.1) is 11.4 Å². The fraction of sp³-hybridized carbons (Fsp3) is 0.417. The first kappa shape index (κ1) is 9.66. The number of nitrogens with zero attached hydrogens (tertiary/aromatic N) is 1. The number of aromatic nitrogens is 3. The van der Waals surface area contributed by atoms with Crippen LogP contribution >= 0.6 is 0 Å². The summed E-state index contributed by atoms with van der Waals surface area (Å²) in [6.45, 7) is 3.25. The van der Waals surface area contributed by atoms with E-state index >= 15 is 0 Å². The molecule has 0 amide bonds. The molecule has 1 fully saturated rings. The number of hydrogen-bond acceptors (Lipinski definition) is 2. The minimum Gasteiger partial charge on any atom is -0.360 e. The maximum absolute atomic E-state index is 4.41. The van der Waals surface area contributed by atoms with Gasteiger partial charge in [0.25, 0.3) is 0 Å². The van der Waals surface area contributed by atoms with Gasteiger partial charge in [0.1, 0.15) is 5.69 Å². The maximum atomic E-state index is 4.41. The molecule has 84 valence electrons. The van der Waals surface area contributed by atoms with E-state index in [4.69, 9.17) is 0 Å². The standard InChI is InChI=1S/C12H16N4/c1-8-11(9-4-2-6-13-9)15-16-12(8)10-5-3-7-14-10/h2,4,6,10,13-14H,3,5,7H2,1H3,(H,15,16). The Hall–Kier alpha value is -1.55. The molecular weight excluding hydrogens is 200 g/mol. The van der Waals surface area contributed by atoms with E-state index in [-0.39, 0.29) is 0 Å². The topological polar surface area (TPSA) is 56.5 Å². The summed E-state index contributed by atoms with van der Waals surface area (Å²) in [4.78, 5) is 3.20. The second-order valence-electron chi connectivity index (χ2n) is 4.34. The summed E-state index contributed by atoms with van der Waals surface area (Å²) in [6.07, 6.45) is 4.38. The molecule has 4 nitrogen and oxygen atoms in total. The van der Waals surface area contributed by atoms with Crippen molar-refractivity contribution in [2.75, 3.05) is 6.54 Å². The molecule has 0 saturated carbocycles. The molecule has 0 radical (unpaired) electrons. The summed E-state index contributed by atoms with van der Waals surface area (Å²) in [5.41, 5.74) is 4.61. The normalized spacial score (nSPS) is 20.4. The van der Waals surface area contributed by atoms with E-state index in [0.29, 0.717) is 6.04 Å². The van der Waals surface area contributed by atoms with Gasteiger partial charge in [-0.2, -0.15) is 5.10 Å². The van der Waals surface area contributed by atoms with E-state index in [2.05, 4.69) is 33.5 Å². The highest BCUT2D eigenvalue weighted by Gasteiger charge is 2.22. The quantitative estimate of drug-likeness (QED) is 0.720. The van der Waals surface area contributed by atoms with E-state index in [1.807, 2.05) is 12.3 Å². The smallest absolute Gasteiger partial charge is 0.111 e. The summed E-state index contributed by atoms with van der Waals surface area (Å²) < 4.78 is 0. The molecule has 1 saturated heterocycles. The number of hydrogen-bond donors (Lipinski definition) is 3. The zero-order chi connectivity index (χ0) is 11.0. The number of nitrogens with one attached hydrogen (secondary N) is 3. The van der Waals surface area contributed by atoms with Crippen molar-refractivity contribution in [2.24, 2.45) is 0 Å². The van der Waals surface area contributed by atoms with E-state index < -0.39 is 0 Å². The molecule has 16 heavy (non-hydrogen) atoms. The van der Waals surface area contributed by atoms with Crippen molar-refractivity contribution in [1.82, 2.24) is 20.5 Å². The predicted octanol–water partition coefficient (Wildman–Crippen LogP) is 2.14. The van der Waals surface area contributed by atoms with Gasteiger partial charge in [0, 0.05) is 17.8 Å². The molecule has 3 rings (SSSR count). The third-order valence-corrected chi connectivity index (χ3v) is 3.31. The van der Waals surface area contributed by atoms with Crippen LogP contribution in [-0.4, -0.2) is 21.7 Å². The maximum Gasteiger partial charge on any atom is 0.111 e. The zero-order valence-electron chi connectivity index (χ0n) is 9.38. The minimum absolute atomic E-state index is 0.455. The van der Waals surface area contributed by atoms with Crippen LogP contribution in [0.4, 0.5) is 0 Å². The number of aromatic amines is 2. The van der Waals surface area contributed by atoms with Crippen LogP contribution < -0.4 is 5.32 Å². The van der Waals surface area contributed by atoms with Crippen LogP contribution in [0.2, 0.25) is 0 Å². The predicted molar refractivity (Wildman–Crippen MR) is 63.1 cm³/mol. The van der Waals surface area contributed by atoms with Gasteiger partial charge in [0.15, 0.2) is 0 Å². The van der Waals surface area contributed by atoms with Crippen LogP contribution in [0.15, 0.2) is 18.3 Å². The molecule has 0 bridgehead atoms. The largest absolute Gasteiger partial charge is 0.360 e. The third-order valence-electron chi connectivity index (χ3n) is 3.31. The molecule has 1 atom stereocenters. The molecule has 1 aliphatic rings. The Bertz CT molecular complexity index is 463. The summed E-state index contributed by atoms with van der Waals surface area (Å²) in [6, 6.07) is 4.50. The summed E-state index contributed by atoms with van der Waals surface area (Å²) in [7, 11) is 0. The second-order valence-corrected chi connectivity index (χ2v) is 4.34. The van der Waals surface area contributed by atoms with E-state index in [1.54, 1.807) is 0 Å². The highest BCUT2D eigenvalue weighted by Crippen LogP contribution is 2.29. The molecule has 1 aliphatic heterocycles. The summed E-state index contributed by atoms with van der Waals surface area (Å²) in [5.74, 6) is 0. The molecule has 0 aliphatic carbocycles. The van der Waals surface area contributed by atoms with Crippen molar-refractivity contribution in [3.63, 3.8) is 0 Å². The van der Waals surface area contributed by atoms with Crippen molar-refractivity contribution in [2.45, 2.75) is 25.8 Å². The van der Waals surface area contributed by atoms with E-state index in [0.717, 1.165) is 17.9 Å². The van der Waals surface area contributed by atoms with Crippen LogP contribution in [-0.2, 0) is 0 Å². The lowest BCUT2D eigenvalue weighted by molar-refractivity contribution is 0.622. The first-order chi connectivity index (χ1) is 7.86. The van der Waals surface area contributed by atoms with Gasteiger partial charge in [-0.05, 0) is 38.4 Å². The molecule has 2 aromatic rings. The number of H-pyrrole nitrogens is 2. The Morgan fingerprint density at radius 1 is 1.44 bits per heavy atom. The first-order valence-corrected chi connectivity index (χ1v) is 5.78. The third kappa shape index (κ3) is 1.46. The van der Waals surface area contributed by atoms with Gasteiger partial charge >= 0.3 is 0 Å². The number of rotatable bonds is 2. The van der Waals surface area contributed by atoms with Crippen LogP contribution in [0.1, 0.15) is 30.1 Å². The molecule has 2 aromatic heterocycles. The molecule has 0 spiro atoms. The van der Waals surface area contributed by atoms with Crippen molar-refractivity contribution < 1.29 is 0 Å². The van der Waals surface area contributed by atoms with Gasteiger partial charge < -0.3 is 10.3 Å². The molecule has 4 heteroatoms. The Balaban J connectivity index is 1.97. The fourth-order valence-electron chi connectivity index (χ4n) is 2.42. The van der Waals surface area contributed by atoms with Crippen molar-refractivity contribution >= 4 is 0 Å². The van der Waals surface area contributed by atoms with Crippen molar-refractivity contribution in [3.05, 3.63) is 29.6 Å². The molecule has 0 aromatic carbocycles. The first-order valence-electron chi connectivity index (χ1n) is 5.78. The van der Waals surface area contributed by atoms with Crippen LogP contribution in [0, 0.1) is 6.92 Å². The van der Waals surface area contributed by atoms with Crippen molar-refractivity contribution in [1.29, 1.82) is 0 Å². The van der Waals surface area contributed by atoms with Gasteiger partial charge in [-0.15, -0.1) is 0 Å². The van der Waals surface area contributed by atoms with Crippen LogP contribution in [0.25, 0.3) is 11.4 Å². The molecule has 3 N–H and O–H groups in total.